The van der Waals surface area contributed by atoms with Crippen molar-refractivity contribution in [2.45, 2.75) is 33.6 Å². The third-order valence-electron chi connectivity index (χ3n) is 3.01. The quantitative estimate of drug-likeness (QED) is 0.771. The van der Waals surface area contributed by atoms with Gasteiger partial charge in [-0.2, -0.15) is 12.7 Å². The van der Waals surface area contributed by atoms with Gasteiger partial charge in [0.2, 0.25) is 0 Å². The number of hydrogen-bond donors (Lipinski definition) is 2. The van der Waals surface area contributed by atoms with Crippen LogP contribution in [0.2, 0.25) is 0 Å². The van der Waals surface area contributed by atoms with E-state index in [1.807, 2.05) is 13.8 Å². The lowest BCUT2D eigenvalue weighted by Crippen LogP contribution is -2.37. The van der Waals surface area contributed by atoms with Gasteiger partial charge in [-0.15, -0.1) is 0 Å². The first kappa shape index (κ1) is 17.5. The van der Waals surface area contributed by atoms with E-state index >= 15 is 0 Å². The lowest BCUT2D eigenvalue weighted by molar-refractivity contribution is 0.0697. The van der Waals surface area contributed by atoms with Crippen LogP contribution in [0.5, 0.6) is 0 Å². The normalized spacial score (nSPS) is 11.6. The fraction of sp³-hybridized carbons (Fsp3) is 0.500. The maximum atomic E-state index is 12.4. The summed E-state index contributed by atoms with van der Waals surface area (Å²) in [6.45, 7) is 6.23. The maximum absolute atomic E-state index is 12.4. The van der Waals surface area contributed by atoms with Gasteiger partial charge in [0.1, 0.15) is 0 Å². The number of hydrogen-bond acceptors (Lipinski definition) is 3. The summed E-state index contributed by atoms with van der Waals surface area (Å²) < 4.78 is 28.5. The molecule has 0 amide bonds. The van der Waals surface area contributed by atoms with Gasteiger partial charge >= 0.3 is 16.2 Å². The zero-order valence-corrected chi connectivity index (χ0v) is 13.4. The van der Waals surface area contributed by atoms with Crippen molar-refractivity contribution in [1.29, 1.82) is 0 Å². The monoisotopic (exact) mass is 314 g/mol. The summed E-state index contributed by atoms with van der Waals surface area (Å²) >= 11 is 0. The van der Waals surface area contributed by atoms with E-state index in [1.54, 1.807) is 19.1 Å². The Hall–Kier alpha value is -1.60. The minimum absolute atomic E-state index is 0.0194. The van der Waals surface area contributed by atoms with Crippen molar-refractivity contribution in [3.8, 4) is 0 Å². The van der Waals surface area contributed by atoms with E-state index in [4.69, 9.17) is 0 Å². The molecule has 0 saturated carbocycles. The van der Waals surface area contributed by atoms with Crippen LogP contribution in [-0.4, -0.2) is 36.9 Å². The zero-order chi connectivity index (χ0) is 16.0. The summed E-state index contributed by atoms with van der Waals surface area (Å²) in [5.74, 6) is -1.15. The Morgan fingerprint density at radius 3 is 2.29 bits per heavy atom. The van der Waals surface area contributed by atoms with Crippen molar-refractivity contribution in [2.24, 2.45) is 0 Å². The van der Waals surface area contributed by atoms with Gasteiger partial charge in [0.15, 0.2) is 0 Å². The SMILES string of the molecule is CCCN(CCC)S(=O)(=O)Nc1cccc(C)c1C(=O)O. The summed E-state index contributed by atoms with van der Waals surface area (Å²) in [5.41, 5.74) is 0.592. The highest BCUT2D eigenvalue weighted by Gasteiger charge is 2.23. The van der Waals surface area contributed by atoms with Crippen LogP contribution in [0.3, 0.4) is 0 Å². The average Bonchev–Trinajstić information content (AvgIpc) is 2.37. The van der Waals surface area contributed by atoms with Gasteiger partial charge in [-0.05, 0) is 31.4 Å². The summed E-state index contributed by atoms with van der Waals surface area (Å²) in [5, 5.41) is 9.24. The second-order valence-corrected chi connectivity index (χ2v) is 6.48. The topological polar surface area (TPSA) is 86.7 Å². The van der Waals surface area contributed by atoms with Crippen LogP contribution in [0.25, 0.3) is 0 Å². The number of rotatable bonds is 8. The van der Waals surface area contributed by atoms with E-state index in [2.05, 4.69) is 4.72 Å². The van der Waals surface area contributed by atoms with E-state index in [-0.39, 0.29) is 11.3 Å². The lowest BCUT2D eigenvalue weighted by atomic mass is 10.1. The molecule has 1 aromatic rings. The first-order valence-corrected chi connectivity index (χ1v) is 8.38. The second kappa shape index (κ2) is 7.42. The first-order valence-electron chi connectivity index (χ1n) is 6.94. The molecule has 0 heterocycles. The Bertz CT molecular complexity index is 593. The Morgan fingerprint density at radius 2 is 1.81 bits per heavy atom. The fourth-order valence-corrected chi connectivity index (χ4v) is 3.51. The van der Waals surface area contributed by atoms with Gasteiger partial charge in [-0.25, -0.2) is 4.79 Å². The van der Waals surface area contributed by atoms with E-state index in [9.17, 15) is 18.3 Å². The van der Waals surface area contributed by atoms with E-state index in [1.165, 1.54) is 10.4 Å². The molecule has 0 radical (unpaired) electrons. The molecule has 118 valence electrons. The third kappa shape index (κ3) is 4.44. The molecule has 0 spiro atoms. The summed E-state index contributed by atoms with van der Waals surface area (Å²) in [6.07, 6.45) is 1.39. The van der Waals surface area contributed by atoms with Crippen LogP contribution in [0.4, 0.5) is 5.69 Å². The minimum atomic E-state index is -3.75. The predicted octanol–water partition coefficient (Wildman–Crippen LogP) is 2.47. The molecule has 0 aromatic heterocycles. The lowest BCUT2D eigenvalue weighted by Gasteiger charge is -2.22. The molecule has 0 fully saturated rings. The van der Waals surface area contributed by atoms with Gasteiger partial charge in [0.25, 0.3) is 0 Å². The standard InChI is InChI=1S/C14H22N2O4S/c1-4-9-16(10-5-2)21(19,20)15-12-8-6-7-11(3)13(12)14(17)18/h6-8,15H,4-5,9-10H2,1-3H3,(H,17,18). The molecule has 1 rings (SSSR count). The smallest absolute Gasteiger partial charge is 0.338 e. The number of nitrogens with one attached hydrogen (secondary N) is 1. The molecule has 0 atom stereocenters. The summed E-state index contributed by atoms with van der Waals surface area (Å²) in [4.78, 5) is 11.3. The number of anilines is 1. The molecule has 0 unspecified atom stereocenters. The number of nitrogens with zero attached hydrogens (tertiary/aromatic N) is 1. The number of aryl methyl sites for hydroxylation is 1. The van der Waals surface area contributed by atoms with Crippen molar-refractivity contribution in [1.82, 2.24) is 4.31 Å². The first-order chi connectivity index (χ1) is 9.83. The minimum Gasteiger partial charge on any atom is -0.478 e. The number of carboxylic acids is 1. The van der Waals surface area contributed by atoms with Crippen LogP contribution in [0.15, 0.2) is 18.2 Å². The van der Waals surface area contributed by atoms with E-state index in [0.29, 0.717) is 31.5 Å². The molecule has 0 aliphatic heterocycles. The molecule has 1 aromatic carbocycles. The molecule has 21 heavy (non-hydrogen) atoms. The molecule has 7 heteroatoms. The Morgan fingerprint density at radius 1 is 1.24 bits per heavy atom. The zero-order valence-electron chi connectivity index (χ0n) is 12.6. The number of carboxylic acid groups (broad SMARTS) is 1. The van der Waals surface area contributed by atoms with Crippen molar-refractivity contribution in [2.75, 3.05) is 17.8 Å². The number of carbonyl (C=O) groups is 1. The Kier molecular flexibility index (Phi) is 6.17. The molecule has 0 saturated heterocycles. The highest BCUT2D eigenvalue weighted by Crippen LogP contribution is 2.21. The van der Waals surface area contributed by atoms with Crippen LogP contribution >= 0.6 is 0 Å². The van der Waals surface area contributed by atoms with E-state index in [0.717, 1.165) is 0 Å². The van der Waals surface area contributed by atoms with E-state index < -0.39 is 16.2 Å². The highest BCUT2D eigenvalue weighted by atomic mass is 32.2. The van der Waals surface area contributed by atoms with Crippen molar-refractivity contribution in [3.63, 3.8) is 0 Å². The fourth-order valence-electron chi connectivity index (χ4n) is 2.09. The highest BCUT2D eigenvalue weighted by molar-refractivity contribution is 7.90. The molecular weight excluding hydrogens is 292 g/mol. The average molecular weight is 314 g/mol. The number of benzene rings is 1. The van der Waals surface area contributed by atoms with Gasteiger partial charge in [0, 0.05) is 13.1 Å². The molecule has 2 N–H and O–H groups in total. The molecule has 0 bridgehead atoms. The summed E-state index contributed by atoms with van der Waals surface area (Å²) in [6, 6.07) is 4.73. The van der Waals surface area contributed by atoms with Gasteiger partial charge < -0.3 is 5.11 Å². The molecule has 0 aliphatic rings. The van der Waals surface area contributed by atoms with Crippen molar-refractivity contribution < 1.29 is 18.3 Å². The van der Waals surface area contributed by atoms with Crippen LogP contribution in [0.1, 0.15) is 42.6 Å². The Labute approximate surface area is 126 Å². The maximum Gasteiger partial charge on any atom is 0.338 e. The van der Waals surface area contributed by atoms with Gasteiger partial charge in [-0.1, -0.05) is 26.0 Å². The van der Waals surface area contributed by atoms with Crippen LogP contribution in [-0.2, 0) is 10.2 Å². The van der Waals surface area contributed by atoms with Crippen molar-refractivity contribution >= 4 is 21.9 Å². The summed E-state index contributed by atoms with van der Waals surface area (Å²) in [7, 11) is -3.75. The van der Waals surface area contributed by atoms with Crippen LogP contribution < -0.4 is 4.72 Å². The predicted molar refractivity (Wildman–Crippen MR) is 82.8 cm³/mol. The molecule has 0 aliphatic carbocycles. The largest absolute Gasteiger partial charge is 0.478 e. The van der Waals surface area contributed by atoms with Gasteiger partial charge in [0.05, 0.1) is 11.3 Å². The molecular formula is C14H22N2O4S. The van der Waals surface area contributed by atoms with Gasteiger partial charge in [-0.3, -0.25) is 4.72 Å². The molecule has 6 nitrogen and oxygen atoms in total. The second-order valence-electron chi connectivity index (χ2n) is 4.81. The number of aromatic carboxylic acids is 1. The van der Waals surface area contributed by atoms with Crippen molar-refractivity contribution in [3.05, 3.63) is 29.3 Å². The third-order valence-corrected chi connectivity index (χ3v) is 4.53. The van der Waals surface area contributed by atoms with Crippen LogP contribution in [0, 0.1) is 6.92 Å². The Balaban J connectivity index is 3.14.